The van der Waals surface area contributed by atoms with Crippen molar-refractivity contribution in [3.63, 3.8) is 0 Å². The van der Waals surface area contributed by atoms with Crippen molar-refractivity contribution >= 4 is 37.4 Å². The molecule has 1 aromatic heterocycles. The van der Waals surface area contributed by atoms with Crippen LogP contribution in [0.3, 0.4) is 0 Å². The molecule has 226 valence electrons. The predicted molar refractivity (Wildman–Crippen MR) is 167 cm³/mol. The molecule has 4 atom stereocenters. The van der Waals surface area contributed by atoms with Gasteiger partial charge >= 0.3 is 0 Å². The fraction of sp³-hybridized carbons (Fsp3) is 0.545. The summed E-state index contributed by atoms with van der Waals surface area (Å²) in [6, 6.07) is 13.3. The second kappa shape index (κ2) is 12.0. The van der Waals surface area contributed by atoms with Crippen LogP contribution in [0.25, 0.3) is 10.1 Å². The first-order valence-corrected chi connectivity index (χ1v) is 17.6. The zero-order valence-corrected chi connectivity index (χ0v) is 26.3. The molecule has 2 aliphatic heterocycles. The first-order valence-electron chi connectivity index (χ1n) is 15.3. The van der Waals surface area contributed by atoms with Crippen molar-refractivity contribution < 1.29 is 22.5 Å². The van der Waals surface area contributed by atoms with Crippen LogP contribution in [-0.2, 0) is 26.1 Å². The summed E-state index contributed by atoms with van der Waals surface area (Å²) < 4.78 is 37.2. The summed E-state index contributed by atoms with van der Waals surface area (Å²) in [6.45, 7) is 5.12. The van der Waals surface area contributed by atoms with Crippen LogP contribution in [0.4, 0.5) is 0 Å². The van der Waals surface area contributed by atoms with Gasteiger partial charge in [0.2, 0.25) is 5.91 Å². The highest BCUT2D eigenvalue weighted by Gasteiger charge is 2.48. The molecule has 3 aromatic rings. The number of amides is 1. The van der Waals surface area contributed by atoms with Gasteiger partial charge in [0.25, 0.3) is 10.1 Å². The average Bonchev–Trinajstić information content (AvgIpc) is 3.76. The van der Waals surface area contributed by atoms with Gasteiger partial charge in [0, 0.05) is 30.4 Å². The van der Waals surface area contributed by atoms with Crippen LogP contribution in [0.2, 0.25) is 0 Å². The van der Waals surface area contributed by atoms with Gasteiger partial charge in [-0.15, -0.1) is 11.3 Å². The molecule has 1 saturated carbocycles. The molecule has 1 N–H and O–H groups in total. The largest absolute Gasteiger partial charge is 0.375 e. The van der Waals surface area contributed by atoms with Crippen LogP contribution < -0.4 is 0 Å². The van der Waals surface area contributed by atoms with Crippen LogP contribution >= 0.6 is 11.3 Å². The second-order valence-electron chi connectivity index (χ2n) is 12.6. The van der Waals surface area contributed by atoms with Gasteiger partial charge in [-0.2, -0.15) is 8.42 Å². The Kier molecular flexibility index (Phi) is 8.50. The third kappa shape index (κ3) is 5.91. The molecule has 7 rings (SSSR count). The monoisotopic (exact) mass is 610 g/mol. The lowest BCUT2D eigenvalue weighted by atomic mass is 9.75. The second-order valence-corrected chi connectivity index (χ2v) is 14.9. The highest BCUT2D eigenvalue weighted by molar-refractivity contribution is 7.85. The minimum absolute atomic E-state index is 0.00800. The predicted octanol–water partition coefficient (Wildman–Crippen LogP) is 6.20. The molecule has 1 spiro atoms. The van der Waals surface area contributed by atoms with Gasteiger partial charge in [0.05, 0.1) is 16.4 Å². The van der Waals surface area contributed by atoms with Gasteiger partial charge in [0.15, 0.2) is 0 Å². The molecule has 3 heterocycles. The van der Waals surface area contributed by atoms with Crippen LogP contribution in [0.1, 0.15) is 74.0 Å². The molecular formula is C33H42N2O5S2. The van der Waals surface area contributed by atoms with Crippen molar-refractivity contribution in [2.45, 2.75) is 93.2 Å². The molecule has 2 aromatic carbocycles. The SMILES string of the molecule is CN(C(=O)C1CCc2csc3cccc1c23)[C@H]1CCC2(CCCO2)C[C@@H]1N1CCCC1.Cc1ccc(S(=O)(=O)O)cc1. The molecule has 3 fully saturated rings. The van der Waals surface area contributed by atoms with E-state index in [1.807, 2.05) is 18.3 Å². The lowest BCUT2D eigenvalue weighted by Gasteiger charge is -2.49. The van der Waals surface area contributed by atoms with Gasteiger partial charge in [-0.1, -0.05) is 29.8 Å². The number of ether oxygens (including phenoxy) is 1. The number of carbonyl (C=O) groups excluding carboxylic acids is 1. The van der Waals surface area contributed by atoms with Gasteiger partial charge in [-0.3, -0.25) is 14.2 Å². The number of carbonyl (C=O) groups is 1. The Balaban J connectivity index is 0.000000244. The van der Waals surface area contributed by atoms with Crippen LogP contribution in [-0.4, -0.2) is 73.1 Å². The zero-order valence-electron chi connectivity index (χ0n) is 24.6. The number of likely N-dealkylation sites (N-methyl/N-ethyl adjacent to an activating group) is 1. The zero-order chi connectivity index (χ0) is 29.5. The molecule has 2 unspecified atom stereocenters. The van der Waals surface area contributed by atoms with Crippen molar-refractivity contribution in [3.8, 4) is 0 Å². The maximum absolute atomic E-state index is 13.9. The van der Waals surface area contributed by atoms with E-state index in [4.69, 9.17) is 9.29 Å². The Hall–Kier alpha value is -2.30. The van der Waals surface area contributed by atoms with Gasteiger partial charge < -0.3 is 9.64 Å². The summed E-state index contributed by atoms with van der Waals surface area (Å²) in [4.78, 5) is 18.7. The minimum atomic E-state index is -4.02. The first-order chi connectivity index (χ1) is 20.2. The van der Waals surface area contributed by atoms with Crippen molar-refractivity contribution in [2.75, 3.05) is 26.7 Å². The fourth-order valence-corrected chi connectivity index (χ4v) is 9.23. The number of benzene rings is 2. The molecule has 0 radical (unpaired) electrons. The van der Waals surface area contributed by atoms with Crippen LogP contribution in [0, 0.1) is 6.92 Å². The number of nitrogens with zero attached hydrogens (tertiary/aromatic N) is 2. The lowest BCUT2D eigenvalue weighted by molar-refractivity contribution is -0.139. The van der Waals surface area contributed by atoms with E-state index in [0.29, 0.717) is 18.0 Å². The maximum atomic E-state index is 13.9. The molecule has 0 bridgehead atoms. The highest BCUT2D eigenvalue weighted by Crippen LogP contribution is 2.45. The fourth-order valence-electron chi connectivity index (χ4n) is 7.72. The quantitative estimate of drug-likeness (QED) is 0.354. The smallest absolute Gasteiger partial charge is 0.294 e. The Morgan fingerprint density at radius 2 is 1.83 bits per heavy atom. The summed E-state index contributed by atoms with van der Waals surface area (Å²) in [5.41, 5.74) is 3.74. The number of thiophene rings is 1. The van der Waals surface area contributed by atoms with E-state index in [1.165, 1.54) is 72.1 Å². The molecular weight excluding hydrogens is 569 g/mol. The number of hydrogen-bond donors (Lipinski definition) is 1. The average molecular weight is 611 g/mol. The highest BCUT2D eigenvalue weighted by atomic mass is 32.2. The number of rotatable bonds is 4. The number of likely N-dealkylation sites (tertiary alicyclic amines) is 1. The summed E-state index contributed by atoms with van der Waals surface area (Å²) in [6.07, 6.45) is 10.2. The van der Waals surface area contributed by atoms with Crippen LogP contribution in [0.5, 0.6) is 0 Å². The van der Waals surface area contributed by atoms with E-state index in [1.54, 1.807) is 12.1 Å². The summed E-state index contributed by atoms with van der Waals surface area (Å²) in [5, 5.41) is 3.66. The van der Waals surface area contributed by atoms with E-state index in [-0.39, 0.29) is 16.4 Å². The minimum Gasteiger partial charge on any atom is -0.375 e. The maximum Gasteiger partial charge on any atom is 0.294 e. The number of hydrogen-bond acceptors (Lipinski definition) is 6. The first kappa shape index (κ1) is 29.8. The van der Waals surface area contributed by atoms with Crippen molar-refractivity contribution in [3.05, 3.63) is 64.5 Å². The molecule has 2 aliphatic carbocycles. The molecule has 9 heteroatoms. The lowest BCUT2D eigenvalue weighted by Crippen LogP contribution is -2.58. The molecule has 42 heavy (non-hydrogen) atoms. The Labute approximate surface area is 253 Å². The van der Waals surface area contributed by atoms with Gasteiger partial charge in [-0.05, 0) is 118 Å². The normalized spacial score (nSPS) is 27.6. The van der Waals surface area contributed by atoms with Crippen molar-refractivity contribution in [2.24, 2.45) is 0 Å². The third-order valence-electron chi connectivity index (χ3n) is 9.96. The van der Waals surface area contributed by atoms with E-state index >= 15 is 0 Å². The molecule has 4 aliphatic rings. The Morgan fingerprint density at radius 1 is 1.07 bits per heavy atom. The molecule has 2 saturated heterocycles. The Morgan fingerprint density at radius 3 is 2.52 bits per heavy atom. The van der Waals surface area contributed by atoms with Crippen LogP contribution in [0.15, 0.2) is 52.7 Å². The van der Waals surface area contributed by atoms with E-state index in [9.17, 15) is 13.2 Å². The third-order valence-corrected chi connectivity index (χ3v) is 11.8. The van der Waals surface area contributed by atoms with Crippen molar-refractivity contribution in [1.29, 1.82) is 0 Å². The number of aryl methyl sites for hydroxylation is 2. The van der Waals surface area contributed by atoms with Crippen molar-refractivity contribution in [1.82, 2.24) is 9.80 Å². The summed E-state index contributed by atoms with van der Waals surface area (Å²) >= 11 is 1.83. The van der Waals surface area contributed by atoms with Gasteiger partial charge in [0.1, 0.15) is 0 Å². The van der Waals surface area contributed by atoms with Gasteiger partial charge in [-0.25, -0.2) is 0 Å². The van der Waals surface area contributed by atoms with E-state index in [0.717, 1.165) is 44.3 Å². The standard InChI is InChI=1S/C26H34N2O2S.C7H8O3S/c1-27(25(29)20-9-8-18-17-31-23-7-4-6-19(20)24(18)23)21-10-12-26(11-5-15-30-26)16-22(21)28-13-2-3-14-28;1-6-2-4-7(5-3-6)11(8,9)10/h4,6-7,17,20-22H,2-3,5,8-16H2,1H3;2-5H,1H3,(H,8,9,10)/t20?,21-,22-,26?;/m0./s1. The summed E-state index contributed by atoms with van der Waals surface area (Å²) in [7, 11) is -1.93. The molecule has 1 amide bonds. The molecule has 7 nitrogen and oxygen atoms in total. The van der Waals surface area contributed by atoms with E-state index in [2.05, 4.69) is 40.4 Å². The van der Waals surface area contributed by atoms with E-state index < -0.39 is 10.1 Å². The summed E-state index contributed by atoms with van der Waals surface area (Å²) in [5.74, 6) is 0.343. The Bertz CT molecular complexity index is 1520. The topological polar surface area (TPSA) is 87.2 Å².